The van der Waals surface area contributed by atoms with Crippen molar-refractivity contribution in [2.45, 2.75) is 83.9 Å². The molecule has 2 aromatic carbocycles. The molecule has 0 atom stereocenters. The molecule has 7 heteroatoms. The van der Waals surface area contributed by atoms with Crippen LogP contribution in [0.3, 0.4) is 0 Å². The van der Waals surface area contributed by atoms with Gasteiger partial charge < -0.3 is 24.8 Å². The molecule has 1 heterocycles. The van der Waals surface area contributed by atoms with E-state index >= 15 is 0 Å². The summed E-state index contributed by atoms with van der Waals surface area (Å²) in [5, 5.41) is 8.48. The molecular weight excluding hydrogens is 490 g/mol. The smallest absolute Gasteiger partial charge is 0.290 e. The molecule has 3 aromatic rings. The summed E-state index contributed by atoms with van der Waals surface area (Å²) in [6, 6.07) is 19.4. The molecule has 0 radical (unpaired) electrons. The molecule has 39 heavy (non-hydrogen) atoms. The molecule has 0 unspecified atom stereocenters. The highest BCUT2D eigenvalue weighted by molar-refractivity contribution is 5.92. The molecule has 1 fully saturated rings. The van der Waals surface area contributed by atoms with Gasteiger partial charge in [-0.2, -0.15) is 0 Å². The van der Waals surface area contributed by atoms with Crippen molar-refractivity contribution in [2.24, 2.45) is 0 Å². The molecule has 4 rings (SSSR count). The second-order valence-electron chi connectivity index (χ2n) is 10.8. The van der Waals surface area contributed by atoms with Gasteiger partial charge in [0.2, 0.25) is 5.91 Å². The Morgan fingerprint density at radius 3 is 2.21 bits per heavy atom. The van der Waals surface area contributed by atoms with Crippen molar-refractivity contribution in [1.29, 1.82) is 5.41 Å². The zero-order valence-electron chi connectivity index (χ0n) is 23.4. The topological polar surface area (TPSA) is 95.6 Å². The molecule has 0 saturated heterocycles. The summed E-state index contributed by atoms with van der Waals surface area (Å²) < 4.78 is 11.3. The highest BCUT2D eigenvalue weighted by atomic mass is 16.5. The zero-order chi connectivity index (χ0) is 28.3. The molecule has 7 nitrogen and oxygen atoms in total. The van der Waals surface area contributed by atoms with Crippen LogP contribution in [0.15, 0.2) is 71.3 Å². The van der Waals surface area contributed by atoms with E-state index in [9.17, 15) is 9.59 Å². The predicted octanol–water partition coefficient (Wildman–Crippen LogP) is 7.27. The van der Waals surface area contributed by atoms with Crippen molar-refractivity contribution < 1.29 is 18.7 Å². The van der Waals surface area contributed by atoms with Crippen molar-refractivity contribution in [3.8, 4) is 5.75 Å². The summed E-state index contributed by atoms with van der Waals surface area (Å²) in [5.41, 5.74) is 2.64. The number of anilines is 1. The van der Waals surface area contributed by atoms with Gasteiger partial charge in [-0.3, -0.25) is 9.59 Å². The number of aryl methyl sites for hydroxylation is 1. The average Bonchev–Trinajstić information content (AvgIpc) is 3.48. The maximum Gasteiger partial charge on any atom is 0.290 e. The lowest BCUT2D eigenvalue weighted by Gasteiger charge is -2.34. The van der Waals surface area contributed by atoms with Gasteiger partial charge in [0, 0.05) is 24.7 Å². The number of nitrogens with zero attached hydrogens (tertiary/aromatic N) is 1. The van der Waals surface area contributed by atoms with Crippen molar-refractivity contribution in [3.05, 3.63) is 83.8 Å². The summed E-state index contributed by atoms with van der Waals surface area (Å²) in [5.74, 6) is 1.12. The van der Waals surface area contributed by atoms with Crippen LogP contribution in [0, 0.1) is 5.41 Å². The van der Waals surface area contributed by atoms with Crippen molar-refractivity contribution in [1.82, 2.24) is 4.90 Å². The monoisotopic (exact) mass is 531 g/mol. The van der Waals surface area contributed by atoms with Gasteiger partial charge in [0.05, 0.1) is 6.26 Å². The predicted molar refractivity (Wildman–Crippen MR) is 156 cm³/mol. The second kappa shape index (κ2) is 14.3. The van der Waals surface area contributed by atoms with E-state index in [0.29, 0.717) is 25.1 Å². The molecular formula is C32H41N3O4. The Morgan fingerprint density at radius 2 is 1.62 bits per heavy atom. The van der Waals surface area contributed by atoms with E-state index in [1.54, 1.807) is 18.4 Å². The van der Waals surface area contributed by atoms with Crippen LogP contribution >= 0.6 is 0 Å². The number of rotatable bonds is 9. The third-order valence-electron chi connectivity index (χ3n) is 6.59. The third-order valence-corrected chi connectivity index (χ3v) is 6.59. The van der Waals surface area contributed by atoms with Crippen LogP contribution in [0.1, 0.15) is 81.0 Å². The Labute approximate surface area is 232 Å². The van der Waals surface area contributed by atoms with Crippen LogP contribution in [0.4, 0.5) is 5.69 Å². The van der Waals surface area contributed by atoms with Gasteiger partial charge in [0.1, 0.15) is 11.4 Å². The van der Waals surface area contributed by atoms with E-state index in [0.717, 1.165) is 48.2 Å². The number of benzene rings is 2. The summed E-state index contributed by atoms with van der Waals surface area (Å²) in [4.78, 5) is 27.6. The van der Waals surface area contributed by atoms with Gasteiger partial charge in [-0.25, -0.2) is 0 Å². The maximum absolute atomic E-state index is 13.2. The number of ether oxygens (including phenoxy) is 1. The van der Waals surface area contributed by atoms with Gasteiger partial charge >= 0.3 is 0 Å². The van der Waals surface area contributed by atoms with Crippen LogP contribution < -0.4 is 10.1 Å². The Bertz CT molecular complexity index is 1160. The lowest BCUT2D eigenvalue weighted by Crippen LogP contribution is -2.40. The average molecular weight is 532 g/mol. The molecule has 2 amide bonds. The lowest BCUT2D eigenvalue weighted by molar-refractivity contribution is -0.116. The van der Waals surface area contributed by atoms with Crippen molar-refractivity contribution >= 4 is 24.2 Å². The molecule has 1 aliphatic carbocycles. The lowest BCUT2D eigenvalue weighted by atomic mass is 9.93. The first-order valence-corrected chi connectivity index (χ1v) is 13.6. The highest BCUT2D eigenvalue weighted by Gasteiger charge is 2.27. The van der Waals surface area contributed by atoms with Crippen LogP contribution in [0.2, 0.25) is 0 Å². The molecule has 208 valence electrons. The highest BCUT2D eigenvalue weighted by Crippen LogP contribution is 2.26. The minimum absolute atomic E-state index is 0.0282. The number of nitrogens with one attached hydrogen (secondary N) is 2. The Hall–Kier alpha value is -3.87. The number of amides is 2. The SMILES string of the molecule is C=N.CC(C)(C)Oc1ccc(CCC(=O)Nc2ccc(CN(C(=O)c3ccco3)C3CCCCC3)cc2)cc1. The Balaban J connectivity index is 0.00000205. The van der Waals surface area contributed by atoms with E-state index in [-0.39, 0.29) is 23.5 Å². The fourth-order valence-electron chi connectivity index (χ4n) is 4.75. The van der Waals surface area contributed by atoms with Gasteiger partial charge in [0.25, 0.3) is 5.91 Å². The number of carbonyl (C=O) groups excluding carboxylic acids is 2. The van der Waals surface area contributed by atoms with Crippen LogP contribution in [-0.4, -0.2) is 35.1 Å². The largest absolute Gasteiger partial charge is 0.488 e. The standard InChI is InChI=1S/C31H38N2O4.CH3N/c1-31(2,3)37-27-18-13-23(14-19-27)15-20-29(34)32-25-16-11-24(12-17-25)22-33(26-8-5-4-6-9-26)30(35)28-10-7-21-36-28;1-2/h7,10-14,16-19,21,26H,4-6,8-9,15,20,22H2,1-3H3,(H,32,34);2H,1H2. The summed E-state index contributed by atoms with van der Waals surface area (Å²) in [6.07, 6.45) is 8.16. The number of hydrogen-bond donors (Lipinski definition) is 2. The van der Waals surface area contributed by atoms with Crippen LogP contribution in [0.5, 0.6) is 5.75 Å². The summed E-state index contributed by atoms with van der Waals surface area (Å²) in [7, 11) is 0. The Morgan fingerprint density at radius 1 is 0.974 bits per heavy atom. The van der Waals surface area contributed by atoms with Crippen LogP contribution in [0.25, 0.3) is 0 Å². The van der Waals surface area contributed by atoms with E-state index in [1.807, 2.05) is 74.2 Å². The molecule has 0 aliphatic heterocycles. The molecule has 1 saturated carbocycles. The Kier molecular flexibility index (Phi) is 10.9. The second-order valence-corrected chi connectivity index (χ2v) is 10.8. The van der Waals surface area contributed by atoms with E-state index in [4.69, 9.17) is 14.6 Å². The fraction of sp³-hybridized carbons (Fsp3) is 0.406. The summed E-state index contributed by atoms with van der Waals surface area (Å²) >= 11 is 0. The number of carbonyl (C=O) groups is 2. The first-order chi connectivity index (χ1) is 18.8. The molecule has 1 aromatic heterocycles. The number of furan rings is 1. The first-order valence-electron chi connectivity index (χ1n) is 13.6. The molecule has 1 aliphatic rings. The van der Waals surface area contributed by atoms with Gasteiger partial charge in [-0.05, 0) is 94.3 Å². The molecule has 2 N–H and O–H groups in total. The molecule has 0 spiro atoms. The first kappa shape index (κ1) is 29.7. The van der Waals surface area contributed by atoms with Gasteiger partial charge in [-0.15, -0.1) is 0 Å². The normalized spacial score (nSPS) is 13.6. The fourth-order valence-corrected chi connectivity index (χ4v) is 4.75. The van der Waals surface area contributed by atoms with Crippen molar-refractivity contribution in [2.75, 3.05) is 5.32 Å². The van der Waals surface area contributed by atoms with Crippen molar-refractivity contribution in [3.63, 3.8) is 0 Å². The minimum Gasteiger partial charge on any atom is -0.488 e. The summed E-state index contributed by atoms with van der Waals surface area (Å²) in [6.45, 7) is 9.08. The zero-order valence-corrected chi connectivity index (χ0v) is 23.4. The third kappa shape index (κ3) is 9.43. The quantitative estimate of drug-likeness (QED) is 0.284. The maximum atomic E-state index is 13.2. The minimum atomic E-state index is -0.236. The van der Waals surface area contributed by atoms with Gasteiger partial charge in [0.15, 0.2) is 5.76 Å². The van der Waals surface area contributed by atoms with Gasteiger partial charge in [-0.1, -0.05) is 43.5 Å². The van der Waals surface area contributed by atoms with E-state index < -0.39 is 0 Å². The van der Waals surface area contributed by atoms with Crippen LogP contribution in [-0.2, 0) is 17.8 Å². The molecule has 0 bridgehead atoms. The number of hydrogen-bond acceptors (Lipinski definition) is 5. The van der Waals surface area contributed by atoms with E-state index in [2.05, 4.69) is 12.0 Å². The van der Waals surface area contributed by atoms with E-state index in [1.165, 1.54) is 6.42 Å².